The number of thioether (sulfide) groups is 1. The Bertz CT molecular complexity index is 664. The van der Waals surface area contributed by atoms with Crippen LogP contribution < -0.4 is 0 Å². The average molecular weight is 311 g/mol. The van der Waals surface area contributed by atoms with Gasteiger partial charge >= 0.3 is 0 Å². The molecule has 0 amide bonds. The monoisotopic (exact) mass is 310 g/mol. The molecule has 0 saturated heterocycles. The molecule has 0 aliphatic carbocycles. The summed E-state index contributed by atoms with van der Waals surface area (Å²) >= 11 is 14.1. The summed E-state index contributed by atoms with van der Waals surface area (Å²) in [5, 5.41) is 12.9. The molecule has 2 aromatic rings. The molecule has 0 atom stereocenters. The molecule has 3 rings (SSSR count). The van der Waals surface area contributed by atoms with E-state index in [1.165, 1.54) is 17.3 Å². The Morgan fingerprint density at radius 3 is 2.84 bits per heavy atom. The molecule has 0 N–H and O–H groups in total. The molecule has 1 aromatic heterocycles. The second-order valence-corrected chi connectivity index (χ2v) is 5.69. The summed E-state index contributed by atoms with van der Waals surface area (Å²) in [6.07, 6.45) is 4.76. The van der Waals surface area contributed by atoms with Crippen LogP contribution in [-0.4, -0.2) is 26.8 Å². The molecule has 96 valence electrons. The lowest BCUT2D eigenvalue weighted by atomic mass is 10.1. The van der Waals surface area contributed by atoms with Gasteiger partial charge in [-0.3, -0.25) is 0 Å². The Morgan fingerprint density at radius 1 is 1.26 bits per heavy atom. The molecule has 0 fully saturated rings. The van der Waals surface area contributed by atoms with E-state index in [9.17, 15) is 0 Å². The number of rotatable bonds is 2. The fourth-order valence-electron chi connectivity index (χ4n) is 1.68. The summed E-state index contributed by atoms with van der Waals surface area (Å²) in [6, 6.07) is 5.73. The SMILES string of the molecule is ClC1=C(C=Nn2cnnc2)CSc2ccc(Cl)cc21. The zero-order chi connectivity index (χ0) is 13.2. The normalized spacial score (nSPS) is 15.1. The number of nitrogens with zero attached hydrogens (tertiary/aromatic N) is 4. The fourth-order valence-corrected chi connectivity index (χ4v) is 3.27. The molecule has 7 heteroatoms. The summed E-state index contributed by atoms with van der Waals surface area (Å²) in [6.45, 7) is 0. The van der Waals surface area contributed by atoms with Crippen molar-refractivity contribution in [3.8, 4) is 0 Å². The van der Waals surface area contributed by atoms with Crippen molar-refractivity contribution in [1.82, 2.24) is 14.9 Å². The van der Waals surface area contributed by atoms with Crippen LogP contribution >= 0.6 is 35.0 Å². The van der Waals surface area contributed by atoms with E-state index in [1.54, 1.807) is 18.0 Å². The molecule has 1 aromatic carbocycles. The lowest BCUT2D eigenvalue weighted by Crippen LogP contribution is -2.01. The van der Waals surface area contributed by atoms with Gasteiger partial charge in [0.1, 0.15) is 12.7 Å². The van der Waals surface area contributed by atoms with Crippen LogP contribution in [0.2, 0.25) is 5.02 Å². The van der Waals surface area contributed by atoms with Crippen LogP contribution in [0.4, 0.5) is 0 Å². The Hall–Kier alpha value is -1.30. The summed E-state index contributed by atoms with van der Waals surface area (Å²) < 4.78 is 1.52. The molecule has 0 unspecified atom stereocenters. The molecule has 4 nitrogen and oxygen atoms in total. The Balaban J connectivity index is 1.96. The van der Waals surface area contributed by atoms with Gasteiger partial charge in [-0.1, -0.05) is 23.2 Å². The van der Waals surface area contributed by atoms with Crippen LogP contribution in [0.25, 0.3) is 5.03 Å². The summed E-state index contributed by atoms with van der Waals surface area (Å²) in [5.74, 6) is 0.777. The van der Waals surface area contributed by atoms with Crippen LogP contribution in [0.15, 0.2) is 46.4 Å². The number of fused-ring (bicyclic) bond motifs is 1. The standard InChI is InChI=1S/C12H8Cl2N4S/c13-9-1-2-11-10(3-9)12(14)8(5-19-11)4-17-18-6-15-16-7-18/h1-4,6-7H,5H2. The second kappa shape index (κ2) is 5.36. The number of benzene rings is 1. The van der Waals surface area contributed by atoms with Gasteiger partial charge in [0.15, 0.2) is 0 Å². The predicted molar refractivity (Wildman–Crippen MR) is 78.9 cm³/mol. The van der Waals surface area contributed by atoms with Gasteiger partial charge in [0.05, 0.1) is 11.2 Å². The van der Waals surface area contributed by atoms with Crippen molar-refractivity contribution in [1.29, 1.82) is 0 Å². The van der Waals surface area contributed by atoms with E-state index in [-0.39, 0.29) is 0 Å². The minimum Gasteiger partial charge on any atom is -0.208 e. The highest BCUT2D eigenvalue weighted by molar-refractivity contribution is 7.99. The van der Waals surface area contributed by atoms with Crippen molar-refractivity contribution in [3.05, 3.63) is 47.0 Å². The fraction of sp³-hybridized carbons (Fsp3) is 0.0833. The van der Waals surface area contributed by atoms with Crippen molar-refractivity contribution in [2.45, 2.75) is 4.90 Å². The Morgan fingerprint density at radius 2 is 2.05 bits per heavy atom. The highest BCUT2D eigenvalue weighted by Gasteiger charge is 2.17. The van der Waals surface area contributed by atoms with Crippen LogP contribution in [-0.2, 0) is 0 Å². The van der Waals surface area contributed by atoms with E-state index in [0.717, 1.165) is 21.8 Å². The van der Waals surface area contributed by atoms with Crippen LogP contribution in [0.3, 0.4) is 0 Å². The summed E-state index contributed by atoms with van der Waals surface area (Å²) in [5.41, 5.74) is 1.91. The van der Waals surface area contributed by atoms with Crippen LogP contribution in [0, 0.1) is 0 Å². The third kappa shape index (κ3) is 2.68. The molecule has 2 heterocycles. The van der Waals surface area contributed by atoms with Crippen LogP contribution in [0.5, 0.6) is 0 Å². The molecule has 0 saturated carbocycles. The maximum absolute atomic E-state index is 6.40. The highest BCUT2D eigenvalue weighted by atomic mass is 35.5. The van der Waals surface area contributed by atoms with Crippen molar-refractivity contribution >= 4 is 46.2 Å². The molecule has 1 aliphatic rings. The average Bonchev–Trinajstić information content (AvgIpc) is 2.92. The zero-order valence-electron chi connectivity index (χ0n) is 9.62. The van der Waals surface area contributed by atoms with E-state index < -0.39 is 0 Å². The Kier molecular flexibility index (Phi) is 3.59. The second-order valence-electron chi connectivity index (χ2n) is 3.85. The van der Waals surface area contributed by atoms with Crippen molar-refractivity contribution < 1.29 is 0 Å². The van der Waals surface area contributed by atoms with E-state index in [2.05, 4.69) is 15.3 Å². The number of hydrogen-bond acceptors (Lipinski definition) is 4. The topological polar surface area (TPSA) is 43.1 Å². The number of halogens is 2. The van der Waals surface area contributed by atoms with Gasteiger partial charge in [-0.2, -0.15) is 5.10 Å². The predicted octanol–water partition coefficient (Wildman–Crippen LogP) is 3.52. The molecule has 1 aliphatic heterocycles. The first-order valence-corrected chi connectivity index (χ1v) is 7.18. The van der Waals surface area contributed by atoms with E-state index in [4.69, 9.17) is 23.2 Å². The first-order valence-electron chi connectivity index (χ1n) is 5.44. The van der Waals surface area contributed by atoms with Gasteiger partial charge in [-0.05, 0) is 18.2 Å². The third-order valence-corrected chi connectivity index (χ3v) is 4.40. The molecule has 19 heavy (non-hydrogen) atoms. The van der Waals surface area contributed by atoms with E-state index in [0.29, 0.717) is 10.1 Å². The number of aromatic nitrogens is 3. The highest BCUT2D eigenvalue weighted by Crippen LogP contribution is 2.39. The molecular formula is C12H8Cl2N4S. The molecule has 0 radical (unpaired) electrons. The summed E-state index contributed by atoms with van der Waals surface area (Å²) in [4.78, 5) is 1.14. The summed E-state index contributed by atoms with van der Waals surface area (Å²) in [7, 11) is 0. The van der Waals surface area contributed by atoms with Gasteiger partial charge < -0.3 is 0 Å². The van der Waals surface area contributed by atoms with Gasteiger partial charge in [-0.25, -0.2) is 4.68 Å². The number of hydrogen-bond donors (Lipinski definition) is 0. The van der Waals surface area contributed by atoms with Gasteiger partial charge in [-0.15, -0.1) is 22.0 Å². The lowest BCUT2D eigenvalue weighted by molar-refractivity contribution is 0.878. The van der Waals surface area contributed by atoms with Gasteiger partial charge in [0, 0.05) is 26.8 Å². The molecule has 0 spiro atoms. The zero-order valence-corrected chi connectivity index (χ0v) is 12.0. The molecular weight excluding hydrogens is 303 g/mol. The third-order valence-electron chi connectivity index (χ3n) is 2.60. The van der Waals surface area contributed by atoms with Crippen molar-refractivity contribution in [3.63, 3.8) is 0 Å². The van der Waals surface area contributed by atoms with Crippen LogP contribution in [0.1, 0.15) is 5.56 Å². The van der Waals surface area contributed by atoms with Gasteiger partial charge in [0.25, 0.3) is 0 Å². The smallest absolute Gasteiger partial charge is 0.141 e. The van der Waals surface area contributed by atoms with E-state index >= 15 is 0 Å². The first kappa shape index (κ1) is 12.7. The van der Waals surface area contributed by atoms with Crippen molar-refractivity contribution in [2.24, 2.45) is 5.10 Å². The minimum absolute atomic E-state index is 0.675. The quantitative estimate of drug-likeness (QED) is 0.797. The maximum Gasteiger partial charge on any atom is 0.141 e. The lowest BCUT2D eigenvalue weighted by Gasteiger charge is -2.17. The largest absolute Gasteiger partial charge is 0.208 e. The Labute approximate surface area is 124 Å². The molecule has 0 bridgehead atoms. The van der Waals surface area contributed by atoms with Gasteiger partial charge in [0.2, 0.25) is 0 Å². The maximum atomic E-state index is 6.40. The van der Waals surface area contributed by atoms with E-state index in [1.807, 2.05) is 18.2 Å². The van der Waals surface area contributed by atoms with Crippen molar-refractivity contribution in [2.75, 3.05) is 5.75 Å². The first-order chi connectivity index (χ1) is 9.24. The minimum atomic E-state index is 0.675.